The number of rotatable bonds is 14. The molecule has 1 fully saturated rings. The van der Waals surface area contributed by atoms with Crippen LogP contribution in [-0.2, 0) is 35.6 Å². The molecule has 0 radical (unpaired) electrons. The van der Waals surface area contributed by atoms with Crippen LogP contribution in [0.1, 0.15) is 29.0 Å². The van der Waals surface area contributed by atoms with Gasteiger partial charge in [-0.2, -0.15) is 4.31 Å². The summed E-state index contributed by atoms with van der Waals surface area (Å²) in [5.74, 6) is 0.931. The molecule has 5 rings (SSSR count). The quantitative estimate of drug-likeness (QED) is 0.233. The molecule has 3 aromatic carbocycles. The van der Waals surface area contributed by atoms with Crippen LogP contribution in [-0.4, -0.2) is 110 Å². The molecule has 0 unspecified atom stereocenters. The lowest BCUT2D eigenvalue weighted by molar-refractivity contribution is -0.139. The first-order valence-corrected chi connectivity index (χ1v) is 17.7. The zero-order chi connectivity index (χ0) is 34.3. The smallest absolute Gasteiger partial charge is 0.248 e. The monoisotopic (exact) mass is 681 g/mol. The van der Waals surface area contributed by atoms with Crippen molar-refractivity contribution < 1.29 is 36.9 Å². The van der Waals surface area contributed by atoms with Crippen LogP contribution in [0.3, 0.4) is 0 Å². The van der Waals surface area contributed by atoms with Crippen molar-refractivity contribution in [3.05, 3.63) is 83.4 Å². The maximum Gasteiger partial charge on any atom is 0.248 e. The summed E-state index contributed by atoms with van der Waals surface area (Å²) in [5.41, 5.74) is 3.80. The molecular formula is C36H47N3O8S. The van der Waals surface area contributed by atoms with Crippen molar-refractivity contribution in [2.24, 2.45) is 0 Å². The molecule has 1 amide bonds. The summed E-state index contributed by atoms with van der Waals surface area (Å²) in [6, 6.07) is 20.5. The molecule has 0 aliphatic carbocycles. The Morgan fingerprint density at radius 2 is 1.67 bits per heavy atom. The van der Waals surface area contributed by atoms with Crippen LogP contribution in [0.15, 0.2) is 71.6 Å². The van der Waals surface area contributed by atoms with Gasteiger partial charge in [0.25, 0.3) is 0 Å². The molecule has 48 heavy (non-hydrogen) atoms. The molecule has 11 nitrogen and oxygen atoms in total. The Morgan fingerprint density at radius 3 is 2.33 bits per heavy atom. The number of piperidine rings is 1. The van der Waals surface area contributed by atoms with E-state index in [1.807, 2.05) is 43.3 Å². The molecule has 0 saturated carbocycles. The Kier molecular flexibility index (Phi) is 12.0. The van der Waals surface area contributed by atoms with Gasteiger partial charge in [-0.25, -0.2) is 8.42 Å². The van der Waals surface area contributed by atoms with Gasteiger partial charge in [-0.15, -0.1) is 0 Å². The lowest BCUT2D eigenvalue weighted by Crippen LogP contribution is -2.54. The van der Waals surface area contributed by atoms with E-state index in [0.29, 0.717) is 19.0 Å². The lowest BCUT2D eigenvalue weighted by Gasteiger charge is -2.43. The third-order valence-corrected chi connectivity index (χ3v) is 10.7. The lowest BCUT2D eigenvalue weighted by atomic mass is 9.85. The Balaban J connectivity index is 1.47. The second-order valence-corrected chi connectivity index (χ2v) is 14.3. The first-order valence-electron chi connectivity index (χ1n) is 16.2. The molecule has 12 heteroatoms. The van der Waals surface area contributed by atoms with Crippen LogP contribution in [0.25, 0.3) is 0 Å². The second kappa shape index (κ2) is 16.1. The van der Waals surface area contributed by atoms with E-state index in [-0.39, 0.29) is 43.0 Å². The average molecular weight is 682 g/mol. The van der Waals surface area contributed by atoms with Crippen LogP contribution in [0, 0.1) is 6.92 Å². The molecule has 0 bridgehead atoms. The summed E-state index contributed by atoms with van der Waals surface area (Å²) >= 11 is 0. The molecule has 3 aromatic rings. The van der Waals surface area contributed by atoms with Gasteiger partial charge in [0, 0.05) is 53.4 Å². The van der Waals surface area contributed by atoms with Crippen molar-refractivity contribution in [1.82, 2.24) is 9.21 Å². The minimum atomic E-state index is -3.90. The van der Waals surface area contributed by atoms with Crippen LogP contribution in [0.5, 0.6) is 11.5 Å². The van der Waals surface area contributed by atoms with Gasteiger partial charge >= 0.3 is 0 Å². The fourth-order valence-electron chi connectivity index (χ4n) is 6.12. The fraction of sp³-hybridized carbons (Fsp3) is 0.472. The maximum absolute atomic E-state index is 14.0. The van der Waals surface area contributed by atoms with E-state index in [9.17, 15) is 13.2 Å². The summed E-state index contributed by atoms with van der Waals surface area (Å²) < 4.78 is 59.1. The summed E-state index contributed by atoms with van der Waals surface area (Å²) in [5, 5.41) is 0. The topological polar surface area (TPSA) is 107 Å². The maximum atomic E-state index is 14.0. The summed E-state index contributed by atoms with van der Waals surface area (Å²) in [6.07, 6.45) is -0.378. The molecule has 260 valence electrons. The first kappa shape index (κ1) is 35.6. The average Bonchev–Trinajstić information content (AvgIpc) is 3.09. The van der Waals surface area contributed by atoms with Crippen LogP contribution >= 0.6 is 0 Å². The first-order chi connectivity index (χ1) is 23.1. The van der Waals surface area contributed by atoms with Gasteiger partial charge in [0.1, 0.15) is 24.7 Å². The number of hydrogen-bond donors (Lipinski definition) is 0. The van der Waals surface area contributed by atoms with E-state index >= 15 is 0 Å². The van der Waals surface area contributed by atoms with Gasteiger partial charge in [0.2, 0.25) is 15.9 Å². The number of carbonyl (C=O) groups is 1. The van der Waals surface area contributed by atoms with Gasteiger partial charge < -0.3 is 33.5 Å². The van der Waals surface area contributed by atoms with Crippen molar-refractivity contribution in [2.75, 3.05) is 79.2 Å². The van der Waals surface area contributed by atoms with Crippen molar-refractivity contribution in [1.29, 1.82) is 0 Å². The highest BCUT2D eigenvalue weighted by Gasteiger charge is 2.44. The highest BCUT2D eigenvalue weighted by atomic mass is 32.2. The predicted molar refractivity (Wildman–Crippen MR) is 183 cm³/mol. The third kappa shape index (κ3) is 8.48. The summed E-state index contributed by atoms with van der Waals surface area (Å²) in [6.45, 7) is 5.02. The van der Waals surface area contributed by atoms with E-state index in [0.717, 1.165) is 47.6 Å². The number of methoxy groups -OCH3 is 2. The molecule has 0 aromatic heterocycles. The summed E-state index contributed by atoms with van der Waals surface area (Å²) in [4.78, 5) is 16.6. The molecule has 0 N–H and O–H groups in total. The molecule has 2 aliphatic rings. The zero-order valence-electron chi connectivity index (χ0n) is 28.5. The molecule has 1 saturated heterocycles. The van der Waals surface area contributed by atoms with Crippen LogP contribution in [0.4, 0.5) is 5.69 Å². The highest BCUT2D eigenvalue weighted by molar-refractivity contribution is 7.89. The normalized spacial score (nSPS) is 19.8. The zero-order valence-corrected chi connectivity index (χ0v) is 29.3. The number of hydrogen-bond acceptors (Lipinski definition) is 9. The van der Waals surface area contributed by atoms with Crippen molar-refractivity contribution >= 4 is 21.6 Å². The standard InChI is InChI=1S/C36H47N3O8S/c1-26-7-14-30(15-8-26)48(41,42)39-22-33(46-24-27-9-16-32-31(21-27)38(18-20-45-32)17-6-19-43-4)36(28-10-12-29(44-5)13-11-28)34(23-39)47-25-35(40)37(2)3/h7-16,21,33-34,36H,6,17-20,22-25H2,1-5H3/t33-,34+,36+/m0/s1. The van der Waals surface area contributed by atoms with Crippen LogP contribution in [0.2, 0.25) is 0 Å². The molecule has 2 heterocycles. The molecule has 3 atom stereocenters. The minimum absolute atomic E-state index is 0.0556. The summed E-state index contributed by atoms with van der Waals surface area (Å²) in [7, 11) is 2.73. The second-order valence-electron chi connectivity index (χ2n) is 12.4. The van der Waals surface area contributed by atoms with Crippen molar-refractivity contribution in [3.8, 4) is 11.5 Å². The minimum Gasteiger partial charge on any atom is -0.497 e. The number of carbonyl (C=O) groups excluding carboxylic acids is 1. The number of likely N-dealkylation sites (N-methyl/N-ethyl adjacent to an activating group) is 1. The van der Waals surface area contributed by atoms with Crippen molar-refractivity contribution in [2.45, 2.75) is 43.0 Å². The van der Waals surface area contributed by atoms with Gasteiger partial charge in [-0.1, -0.05) is 35.9 Å². The number of aryl methyl sites for hydroxylation is 1. The number of nitrogens with zero attached hydrogens (tertiary/aromatic N) is 3. The van der Waals surface area contributed by atoms with Crippen LogP contribution < -0.4 is 14.4 Å². The number of amides is 1. The Hall–Kier alpha value is -3.68. The molecule has 2 aliphatic heterocycles. The number of benzene rings is 3. The number of ether oxygens (including phenoxy) is 5. The van der Waals surface area contributed by atoms with Gasteiger partial charge in [0.15, 0.2) is 0 Å². The van der Waals surface area contributed by atoms with Gasteiger partial charge in [0.05, 0.1) is 43.1 Å². The highest BCUT2D eigenvalue weighted by Crippen LogP contribution is 2.37. The predicted octanol–water partition coefficient (Wildman–Crippen LogP) is 4.09. The third-order valence-electron chi connectivity index (χ3n) is 8.87. The van der Waals surface area contributed by atoms with Crippen molar-refractivity contribution in [3.63, 3.8) is 0 Å². The van der Waals surface area contributed by atoms with Gasteiger partial charge in [-0.05, 0) is 60.9 Å². The Labute approximate surface area is 284 Å². The van der Waals surface area contributed by atoms with E-state index in [1.54, 1.807) is 52.6 Å². The largest absolute Gasteiger partial charge is 0.497 e. The van der Waals surface area contributed by atoms with Gasteiger partial charge in [-0.3, -0.25) is 4.79 Å². The number of sulfonamides is 1. The SMILES string of the molecule is COCCCN1CCOc2ccc(CO[C@H]3CN(S(=O)(=O)c4ccc(C)cc4)C[C@@H](OCC(=O)N(C)C)[C@@H]3c3ccc(OC)cc3)cc21. The van der Waals surface area contributed by atoms with E-state index in [4.69, 9.17) is 23.7 Å². The van der Waals surface area contributed by atoms with E-state index in [1.165, 1.54) is 9.21 Å². The molecular weight excluding hydrogens is 634 g/mol. The number of fused-ring (bicyclic) bond motifs is 1. The van der Waals surface area contributed by atoms with E-state index in [2.05, 4.69) is 11.0 Å². The Bertz CT molecular complexity index is 1620. The Morgan fingerprint density at radius 1 is 0.958 bits per heavy atom. The fourth-order valence-corrected chi connectivity index (χ4v) is 7.58. The molecule has 0 spiro atoms. The van der Waals surface area contributed by atoms with E-state index < -0.39 is 22.2 Å². The number of anilines is 1.